The quantitative estimate of drug-likeness (QED) is 0.306. The third-order valence-corrected chi connectivity index (χ3v) is 9.94. The summed E-state index contributed by atoms with van der Waals surface area (Å²) in [5.74, 6) is -1.70. The number of β-lactam (4-membered cyclic amide) rings is 1. The number of hydrogen-bond donors (Lipinski definition) is 2. The summed E-state index contributed by atoms with van der Waals surface area (Å²) in [7, 11) is -3.72. The van der Waals surface area contributed by atoms with Crippen molar-refractivity contribution in [3.63, 3.8) is 0 Å². The first-order valence-corrected chi connectivity index (χ1v) is 14.5. The highest BCUT2D eigenvalue weighted by Gasteiger charge is 2.59. The number of thioether (sulfide) groups is 2. The van der Waals surface area contributed by atoms with E-state index in [1.165, 1.54) is 44.5 Å². The molecule has 2 aliphatic heterocycles. The SMILES string of the molecule is CC(=O)N(c1cccs1)C1C(=O)N2CC(CSc3nnnn3CCS(N)(=O)=O)(C(=O)O)CS[C@H]12. The molecule has 2 fully saturated rings. The lowest BCUT2D eigenvalue weighted by Gasteiger charge is -2.55. The Morgan fingerprint density at radius 2 is 2.21 bits per heavy atom. The van der Waals surface area contributed by atoms with Gasteiger partial charge < -0.3 is 10.0 Å². The van der Waals surface area contributed by atoms with Crippen molar-refractivity contribution in [3.05, 3.63) is 17.5 Å². The maximum absolute atomic E-state index is 13.0. The number of fused-ring (bicyclic) bond motifs is 1. The molecule has 17 heteroatoms. The summed E-state index contributed by atoms with van der Waals surface area (Å²) < 4.78 is 23.7. The Morgan fingerprint density at radius 1 is 1.44 bits per heavy atom. The fraction of sp³-hybridized carbons (Fsp3) is 0.529. The number of sulfonamides is 1. The van der Waals surface area contributed by atoms with Gasteiger partial charge in [-0.15, -0.1) is 28.2 Å². The predicted molar refractivity (Wildman–Crippen MR) is 126 cm³/mol. The van der Waals surface area contributed by atoms with Crippen molar-refractivity contribution in [2.45, 2.75) is 30.0 Å². The normalized spacial score (nSPS) is 24.4. The number of nitrogens with two attached hydrogens (primary N) is 1. The van der Waals surface area contributed by atoms with E-state index in [1.54, 1.807) is 12.1 Å². The second kappa shape index (κ2) is 9.44. The lowest BCUT2D eigenvalue weighted by Crippen LogP contribution is -2.74. The molecule has 4 heterocycles. The van der Waals surface area contributed by atoms with E-state index in [0.717, 1.165) is 11.8 Å². The number of thiophene rings is 1. The van der Waals surface area contributed by atoms with Crippen molar-refractivity contribution in [2.75, 3.05) is 28.7 Å². The van der Waals surface area contributed by atoms with Crippen molar-refractivity contribution >= 4 is 67.7 Å². The zero-order chi connectivity index (χ0) is 24.7. The van der Waals surface area contributed by atoms with Crippen LogP contribution >= 0.6 is 34.9 Å². The standard InChI is InChI=1S/C17H21N7O6S4/c1-10(25)24(11-3-2-5-31-11)12-13(26)22-7-17(15(27)28,8-32-14(12)22)9-33-16-19-20-21-23(16)4-6-34(18,29)30/h2-3,5,12,14H,4,6-9H2,1H3,(H,27,28)(H2,18,29,30)/t12?,14-,17?/m1/s1. The summed E-state index contributed by atoms with van der Waals surface area (Å²) in [6, 6.07) is 2.90. The second-order valence-electron chi connectivity index (χ2n) is 7.88. The number of tetrazole rings is 1. The largest absolute Gasteiger partial charge is 0.481 e. The molecule has 0 saturated carbocycles. The molecule has 4 rings (SSSR count). The number of carbonyl (C=O) groups excluding carboxylic acids is 2. The van der Waals surface area contributed by atoms with E-state index in [2.05, 4.69) is 15.5 Å². The molecule has 2 amide bonds. The fourth-order valence-electron chi connectivity index (χ4n) is 3.74. The smallest absolute Gasteiger partial charge is 0.313 e. The van der Waals surface area contributed by atoms with Crippen LogP contribution in [0, 0.1) is 5.41 Å². The lowest BCUT2D eigenvalue weighted by molar-refractivity contribution is -0.156. The van der Waals surface area contributed by atoms with E-state index >= 15 is 0 Å². The van der Waals surface area contributed by atoms with Crippen LogP contribution in [0.5, 0.6) is 0 Å². The molecule has 34 heavy (non-hydrogen) atoms. The van der Waals surface area contributed by atoms with Crippen LogP contribution < -0.4 is 10.0 Å². The monoisotopic (exact) mass is 547 g/mol. The number of carboxylic acids is 1. The summed E-state index contributed by atoms with van der Waals surface area (Å²) in [4.78, 5) is 40.6. The Morgan fingerprint density at radius 3 is 2.82 bits per heavy atom. The summed E-state index contributed by atoms with van der Waals surface area (Å²) in [5.41, 5.74) is -1.27. The van der Waals surface area contributed by atoms with E-state index in [4.69, 9.17) is 5.14 Å². The topological polar surface area (TPSA) is 182 Å². The first kappa shape index (κ1) is 24.9. The van der Waals surface area contributed by atoms with Crippen LogP contribution in [0.1, 0.15) is 6.92 Å². The molecule has 2 saturated heterocycles. The van der Waals surface area contributed by atoms with Crippen LogP contribution in [0.25, 0.3) is 0 Å². The Kier molecular flexibility index (Phi) is 6.92. The van der Waals surface area contributed by atoms with Gasteiger partial charge >= 0.3 is 5.97 Å². The Labute approximate surface area is 207 Å². The molecule has 2 aromatic heterocycles. The fourth-order valence-corrected chi connectivity index (χ4v) is 7.78. The number of rotatable bonds is 9. The molecule has 0 bridgehead atoms. The first-order chi connectivity index (χ1) is 16.0. The summed E-state index contributed by atoms with van der Waals surface area (Å²) in [6.07, 6.45) is 0. The second-order valence-corrected chi connectivity index (χ2v) is 12.6. The van der Waals surface area contributed by atoms with Gasteiger partial charge in [0.05, 0.1) is 17.3 Å². The van der Waals surface area contributed by atoms with Gasteiger partial charge in [0.15, 0.2) is 0 Å². The molecule has 184 valence electrons. The molecule has 2 unspecified atom stereocenters. The molecule has 0 radical (unpaired) electrons. The van der Waals surface area contributed by atoms with Gasteiger partial charge in [-0.3, -0.25) is 19.3 Å². The average molecular weight is 548 g/mol. The maximum atomic E-state index is 13.0. The molecule has 0 aromatic carbocycles. The van der Waals surface area contributed by atoms with Crippen LogP contribution in [-0.4, -0.2) is 91.6 Å². The van der Waals surface area contributed by atoms with Crippen LogP contribution in [-0.2, 0) is 31.0 Å². The van der Waals surface area contributed by atoms with Gasteiger partial charge in [-0.2, -0.15) is 0 Å². The Balaban J connectivity index is 1.46. The van der Waals surface area contributed by atoms with Gasteiger partial charge in [0, 0.05) is 25.0 Å². The third kappa shape index (κ3) is 4.79. The molecule has 3 N–H and O–H groups in total. The Bertz CT molecular complexity index is 1200. The summed E-state index contributed by atoms with van der Waals surface area (Å²) in [5, 5.41) is 28.6. The molecule has 0 spiro atoms. The number of aliphatic carboxylic acids is 1. The zero-order valence-electron chi connectivity index (χ0n) is 17.8. The number of carbonyl (C=O) groups is 3. The van der Waals surface area contributed by atoms with Crippen molar-refractivity contribution in [3.8, 4) is 0 Å². The van der Waals surface area contributed by atoms with Gasteiger partial charge in [-0.1, -0.05) is 11.8 Å². The average Bonchev–Trinajstić information content (AvgIpc) is 3.45. The minimum atomic E-state index is -3.72. The lowest BCUT2D eigenvalue weighted by atomic mass is 9.89. The van der Waals surface area contributed by atoms with Gasteiger partial charge in [0.1, 0.15) is 16.8 Å². The van der Waals surface area contributed by atoms with Crippen molar-refractivity contribution in [2.24, 2.45) is 10.6 Å². The van der Waals surface area contributed by atoms with Crippen LogP contribution in [0.3, 0.4) is 0 Å². The van der Waals surface area contributed by atoms with Gasteiger partial charge in [0.25, 0.3) is 0 Å². The van der Waals surface area contributed by atoms with E-state index in [-0.39, 0.29) is 52.7 Å². The predicted octanol–water partition coefficient (Wildman–Crippen LogP) is -0.477. The number of anilines is 1. The minimum absolute atomic E-state index is 0.0166. The van der Waals surface area contributed by atoms with Gasteiger partial charge in [-0.25, -0.2) is 18.2 Å². The molecule has 2 aromatic rings. The number of hydrogen-bond acceptors (Lipinski definition) is 11. The van der Waals surface area contributed by atoms with Crippen LogP contribution in [0.4, 0.5) is 5.00 Å². The number of amides is 2. The van der Waals surface area contributed by atoms with E-state index in [1.807, 2.05) is 5.38 Å². The Hall–Kier alpha value is -2.21. The number of carboxylic acid groups (broad SMARTS) is 1. The number of primary sulfonamides is 1. The number of aryl methyl sites for hydroxylation is 1. The molecular weight excluding hydrogens is 526 g/mol. The maximum Gasteiger partial charge on any atom is 0.313 e. The molecule has 0 aliphatic carbocycles. The van der Waals surface area contributed by atoms with Crippen molar-refractivity contribution < 1.29 is 27.9 Å². The van der Waals surface area contributed by atoms with Crippen molar-refractivity contribution in [1.82, 2.24) is 25.1 Å². The third-order valence-electron chi connectivity index (χ3n) is 5.50. The molecule has 13 nitrogen and oxygen atoms in total. The van der Waals surface area contributed by atoms with Crippen LogP contribution in [0.2, 0.25) is 0 Å². The highest BCUT2D eigenvalue weighted by Crippen LogP contribution is 2.46. The first-order valence-electron chi connectivity index (χ1n) is 9.91. The highest BCUT2D eigenvalue weighted by molar-refractivity contribution is 8.00. The number of nitrogens with zero attached hydrogens (tertiary/aromatic N) is 6. The molecule has 3 atom stereocenters. The summed E-state index contributed by atoms with van der Waals surface area (Å²) in [6.45, 7) is 1.32. The minimum Gasteiger partial charge on any atom is -0.481 e. The summed E-state index contributed by atoms with van der Waals surface area (Å²) >= 11 is 3.76. The van der Waals surface area contributed by atoms with Crippen LogP contribution in [0.15, 0.2) is 22.7 Å². The van der Waals surface area contributed by atoms with Gasteiger partial charge in [0.2, 0.25) is 27.0 Å². The van der Waals surface area contributed by atoms with Gasteiger partial charge in [-0.05, 0) is 27.9 Å². The van der Waals surface area contributed by atoms with E-state index in [0.29, 0.717) is 5.00 Å². The zero-order valence-corrected chi connectivity index (χ0v) is 21.1. The molecule has 2 aliphatic rings. The van der Waals surface area contributed by atoms with E-state index in [9.17, 15) is 27.9 Å². The highest BCUT2D eigenvalue weighted by atomic mass is 32.2. The van der Waals surface area contributed by atoms with E-state index < -0.39 is 27.4 Å². The van der Waals surface area contributed by atoms with Crippen molar-refractivity contribution in [1.29, 1.82) is 0 Å². The molecular formula is C17H21N7O6S4. The number of aromatic nitrogens is 4.